The van der Waals surface area contributed by atoms with Crippen LogP contribution in [0.3, 0.4) is 0 Å². The van der Waals surface area contributed by atoms with Crippen LogP contribution < -0.4 is 0 Å². The molecule has 0 saturated carbocycles. The molecule has 1 rings (SSSR count). The van der Waals surface area contributed by atoms with Gasteiger partial charge in [-0.1, -0.05) is 11.6 Å². The SMILES string of the molecule is N#C[13c]1[13cH][13cH][13c](Cl)[13c]([N+](=O)[O-])[13cH]1. The number of nitro benzene ring substituents is 1. The van der Waals surface area contributed by atoms with Crippen LogP contribution in [0.15, 0.2) is 18.2 Å². The van der Waals surface area contributed by atoms with E-state index in [2.05, 4.69) is 0 Å². The van der Waals surface area contributed by atoms with Crippen LogP contribution in [0.5, 0.6) is 0 Å². The predicted molar refractivity (Wildman–Crippen MR) is 42.8 cm³/mol. The Bertz CT molecular complexity index is 370. The molecule has 0 atom stereocenters. The fraction of sp³-hybridized carbons (Fsp3) is 0. The molecule has 12 heavy (non-hydrogen) atoms. The Balaban J connectivity index is 3.28. The number of halogens is 1. The molecule has 5 heteroatoms. The number of hydrogen-bond donors (Lipinski definition) is 0. The highest BCUT2D eigenvalue weighted by molar-refractivity contribution is 6.32. The molecule has 0 bridgehead atoms. The van der Waals surface area contributed by atoms with E-state index in [9.17, 15) is 10.1 Å². The summed E-state index contributed by atoms with van der Waals surface area (Å²) in [6.07, 6.45) is 0. The molecule has 60 valence electrons. The fourth-order valence-corrected chi connectivity index (χ4v) is 0.909. The Morgan fingerprint density at radius 1 is 1.58 bits per heavy atom. The third-order valence-corrected chi connectivity index (χ3v) is 1.59. The first-order valence-corrected chi connectivity index (χ1v) is 3.37. The first-order valence-electron chi connectivity index (χ1n) is 2.99. The molecular formula is C7H3ClN2O2. The lowest BCUT2D eigenvalue weighted by Gasteiger charge is -1.93. The molecule has 0 heterocycles. The maximum absolute atomic E-state index is 10.3. The lowest BCUT2D eigenvalue weighted by molar-refractivity contribution is -0.384. The first-order chi connectivity index (χ1) is 5.65. The standard InChI is InChI=1S/C7H3ClN2O2/c8-6-2-1-5(4-9)3-7(6)10(11)12/h1-3H/i1+1,2+1,3+1,5+1,6+1,7+1. The van der Waals surface area contributed by atoms with Crippen molar-refractivity contribution >= 4 is 17.3 Å². The monoisotopic (exact) mass is 188 g/mol. The fourth-order valence-electron chi connectivity index (χ4n) is 0.722. The molecule has 0 saturated heterocycles. The first kappa shape index (κ1) is 8.50. The minimum Gasteiger partial charge on any atom is -0.258 e. The van der Waals surface area contributed by atoms with Crippen molar-refractivity contribution in [1.29, 1.82) is 5.26 Å². The molecule has 0 aliphatic carbocycles. The number of hydrogen-bond acceptors (Lipinski definition) is 3. The second-order valence-electron chi connectivity index (χ2n) is 2.04. The zero-order valence-corrected chi connectivity index (χ0v) is 6.58. The van der Waals surface area contributed by atoms with E-state index >= 15 is 0 Å². The molecule has 0 aliphatic rings. The minimum atomic E-state index is -0.622. The van der Waals surface area contributed by atoms with Crippen LogP contribution >= 0.6 is 11.6 Å². The van der Waals surface area contributed by atoms with E-state index in [4.69, 9.17) is 16.9 Å². The molecule has 0 radical (unpaired) electrons. The Labute approximate surface area is 73.1 Å². The maximum Gasteiger partial charge on any atom is 0.289 e. The molecule has 0 aliphatic heterocycles. The van der Waals surface area contributed by atoms with Gasteiger partial charge in [0.25, 0.3) is 5.69 Å². The Morgan fingerprint density at radius 3 is 2.75 bits per heavy atom. The largest absolute Gasteiger partial charge is 0.289 e. The average molecular weight is 189 g/mol. The molecule has 0 N–H and O–H groups in total. The summed E-state index contributed by atoms with van der Waals surface area (Å²) in [5, 5.41) is 18.8. The summed E-state index contributed by atoms with van der Waals surface area (Å²) in [7, 11) is 0. The average Bonchev–Trinajstić information content (AvgIpc) is 2.05. The van der Waals surface area contributed by atoms with Crippen LogP contribution in [0, 0.1) is 21.4 Å². The van der Waals surface area contributed by atoms with Gasteiger partial charge in [0.2, 0.25) is 0 Å². The van der Waals surface area contributed by atoms with Crippen molar-refractivity contribution in [2.45, 2.75) is 0 Å². The molecule has 1 aromatic rings. The smallest absolute Gasteiger partial charge is 0.258 e. The lowest BCUT2D eigenvalue weighted by Crippen LogP contribution is -1.89. The number of rotatable bonds is 1. The zero-order chi connectivity index (χ0) is 9.14. The van der Waals surface area contributed by atoms with Crippen LogP contribution in [-0.2, 0) is 0 Å². The van der Waals surface area contributed by atoms with Crippen LogP contribution in [0.4, 0.5) is 5.69 Å². The van der Waals surface area contributed by atoms with E-state index in [0.29, 0.717) is 0 Å². The molecular weight excluding hydrogens is 185 g/mol. The van der Waals surface area contributed by atoms with Crippen molar-refractivity contribution in [3.05, 3.63) is 38.9 Å². The molecule has 0 unspecified atom stereocenters. The van der Waals surface area contributed by atoms with E-state index in [1.807, 2.05) is 0 Å². The van der Waals surface area contributed by atoms with E-state index in [-0.39, 0.29) is 16.3 Å². The minimum absolute atomic E-state index is 0.0407. The summed E-state index contributed by atoms with van der Waals surface area (Å²) < 4.78 is 0. The lowest BCUT2D eigenvalue weighted by atomic mass is 11.0. The van der Waals surface area contributed by atoms with Gasteiger partial charge in [0.15, 0.2) is 0 Å². The third kappa shape index (κ3) is 1.52. The second kappa shape index (κ2) is 3.20. The Hall–Kier alpha value is -1.60. The molecule has 1 aromatic carbocycles. The Morgan fingerprint density at radius 2 is 2.25 bits per heavy atom. The predicted octanol–water partition coefficient (Wildman–Crippen LogP) is 2.12. The van der Waals surface area contributed by atoms with Crippen molar-refractivity contribution < 1.29 is 4.92 Å². The van der Waals surface area contributed by atoms with Gasteiger partial charge in [-0.25, -0.2) is 0 Å². The highest BCUT2D eigenvalue weighted by Gasteiger charge is 2.11. The van der Waals surface area contributed by atoms with Gasteiger partial charge in [-0.05, 0) is 12.1 Å². The van der Waals surface area contributed by atoms with Gasteiger partial charge < -0.3 is 0 Å². The quantitative estimate of drug-likeness (QED) is 0.501. The van der Waals surface area contributed by atoms with E-state index in [1.54, 1.807) is 6.07 Å². The summed E-state index contributed by atoms with van der Waals surface area (Å²) in [6, 6.07) is 5.69. The topological polar surface area (TPSA) is 66.9 Å². The Kier molecular flexibility index (Phi) is 2.26. The number of nitriles is 1. The van der Waals surface area contributed by atoms with Gasteiger partial charge in [-0.15, -0.1) is 0 Å². The molecule has 0 fully saturated rings. The van der Waals surface area contributed by atoms with Crippen molar-refractivity contribution in [1.82, 2.24) is 0 Å². The van der Waals surface area contributed by atoms with E-state index in [1.165, 1.54) is 12.1 Å². The maximum atomic E-state index is 10.3. The van der Waals surface area contributed by atoms with Crippen molar-refractivity contribution in [2.75, 3.05) is 0 Å². The second-order valence-corrected chi connectivity index (χ2v) is 2.44. The van der Waals surface area contributed by atoms with Crippen LogP contribution in [0.2, 0.25) is 5.02 Å². The van der Waals surface area contributed by atoms with Crippen molar-refractivity contribution in [3.63, 3.8) is 0 Å². The highest BCUT2D eigenvalue weighted by atomic mass is 35.5. The van der Waals surface area contributed by atoms with E-state index < -0.39 is 4.92 Å². The van der Waals surface area contributed by atoms with Gasteiger partial charge in [0.05, 0.1) is 16.6 Å². The van der Waals surface area contributed by atoms with Gasteiger partial charge in [-0.3, -0.25) is 10.1 Å². The van der Waals surface area contributed by atoms with Crippen molar-refractivity contribution in [3.8, 4) is 6.07 Å². The molecule has 0 amide bonds. The summed E-state index contributed by atoms with van der Waals surface area (Å²) in [5.74, 6) is 0. The van der Waals surface area contributed by atoms with E-state index in [0.717, 1.165) is 6.07 Å². The molecule has 0 aromatic heterocycles. The van der Waals surface area contributed by atoms with Crippen LogP contribution in [-0.4, -0.2) is 4.92 Å². The van der Waals surface area contributed by atoms with Crippen LogP contribution in [0.1, 0.15) is 5.56 Å². The van der Waals surface area contributed by atoms with Gasteiger partial charge >= 0.3 is 0 Å². The zero-order valence-electron chi connectivity index (χ0n) is 5.82. The summed E-state index contributed by atoms with van der Waals surface area (Å²) >= 11 is 5.50. The number of nitrogens with zero attached hydrogens (tertiary/aromatic N) is 2. The van der Waals surface area contributed by atoms with Gasteiger partial charge in [0, 0.05) is 6.07 Å². The summed E-state index contributed by atoms with van der Waals surface area (Å²) in [5.41, 5.74) is -0.0122. The normalized spacial score (nSPS) is 9.00. The van der Waals surface area contributed by atoms with Gasteiger partial charge in [-0.2, -0.15) is 5.26 Å². The van der Waals surface area contributed by atoms with Crippen LogP contribution in [0.25, 0.3) is 0 Å². The highest BCUT2D eigenvalue weighted by Crippen LogP contribution is 2.24. The van der Waals surface area contributed by atoms with Crippen molar-refractivity contribution in [2.24, 2.45) is 0 Å². The molecule has 4 nitrogen and oxygen atoms in total. The third-order valence-electron chi connectivity index (χ3n) is 1.27. The van der Waals surface area contributed by atoms with Gasteiger partial charge in [0.1, 0.15) is 5.02 Å². The summed E-state index contributed by atoms with van der Waals surface area (Å²) in [4.78, 5) is 9.68. The number of nitro groups is 1. The number of benzene rings is 1. The summed E-state index contributed by atoms with van der Waals surface area (Å²) in [6.45, 7) is 0. The molecule has 0 spiro atoms.